The highest BCUT2D eigenvalue weighted by Gasteiger charge is 2.46. The number of pyridine rings is 1. The van der Waals surface area contributed by atoms with Gasteiger partial charge in [-0.05, 0) is 17.7 Å². The maximum absolute atomic E-state index is 12.5. The largest absolute Gasteiger partial charge is 0.763 e. The van der Waals surface area contributed by atoms with Crippen molar-refractivity contribution in [1.82, 2.24) is 5.32 Å². The van der Waals surface area contributed by atoms with E-state index in [4.69, 9.17) is 4.74 Å². The molecule has 1 aliphatic heterocycles. The van der Waals surface area contributed by atoms with Gasteiger partial charge in [-0.1, -0.05) is 18.2 Å². The number of rotatable bonds is 3. The van der Waals surface area contributed by atoms with Gasteiger partial charge in [-0.25, -0.2) is 0 Å². The van der Waals surface area contributed by atoms with Crippen LogP contribution < -0.4 is 14.6 Å². The van der Waals surface area contributed by atoms with Crippen molar-refractivity contribution in [3.8, 4) is 5.75 Å². The normalized spacial score (nSPS) is 20.3. The van der Waals surface area contributed by atoms with Gasteiger partial charge in [0, 0.05) is 12.1 Å². The van der Waals surface area contributed by atoms with Crippen LogP contribution in [0.15, 0.2) is 60.4 Å². The number of benzene rings is 1. The first kappa shape index (κ1) is 15.6. The number of carbonyl (C=O) groups is 2. The monoisotopic (exact) mass is 321 g/mol. The SMILES string of the molecule is COc1cccc(C2C(=C=[N-])C(=O)NC(=O)C2[n+]2ccccc2)c1. The summed E-state index contributed by atoms with van der Waals surface area (Å²) in [6.45, 7) is 0. The molecule has 1 saturated heterocycles. The first-order valence-corrected chi connectivity index (χ1v) is 7.37. The van der Waals surface area contributed by atoms with Crippen molar-refractivity contribution < 1.29 is 18.9 Å². The van der Waals surface area contributed by atoms with Crippen LogP contribution in [0.2, 0.25) is 0 Å². The lowest BCUT2D eigenvalue weighted by Crippen LogP contribution is -2.57. The lowest BCUT2D eigenvalue weighted by atomic mass is 9.81. The summed E-state index contributed by atoms with van der Waals surface area (Å²) >= 11 is 0. The Kier molecular flexibility index (Phi) is 4.22. The van der Waals surface area contributed by atoms with Gasteiger partial charge in [-0.2, -0.15) is 4.57 Å². The van der Waals surface area contributed by atoms with Crippen LogP contribution in [0, 0.1) is 0 Å². The second-order valence-electron chi connectivity index (χ2n) is 5.37. The molecule has 1 fully saturated rings. The molecule has 6 heteroatoms. The minimum atomic E-state index is -0.731. The predicted molar refractivity (Wildman–Crippen MR) is 86.4 cm³/mol. The van der Waals surface area contributed by atoms with Crippen molar-refractivity contribution in [3.05, 3.63) is 71.4 Å². The second kappa shape index (κ2) is 6.48. The van der Waals surface area contributed by atoms with Crippen molar-refractivity contribution >= 4 is 17.7 Å². The molecule has 2 heterocycles. The van der Waals surface area contributed by atoms with E-state index in [9.17, 15) is 15.0 Å². The third-order valence-electron chi connectivity index (χ3n) is 4.01. The summed E-state index contributed by atoms with van der Waals surface area (Å²) in [5.41, 5.74) is 0.680. The van der Waals surface area contributed by atoms with E-state index in [0.29, 0.717) is 11.3 Å². The molecule has 1 N–H and O–H groups in total. The van der Waals surface area contributed by atoms with E-state index in [1.54, 1.807) is 53.4 Å². The highest BCUT2D eigenvalue weighted by molar-refractivity contribution is 6.14. The Morgan fingerprint density at radius 3 is 2.58 bits per heavy atom. The molecule has 120 valence electrons. The zero-order valence-corrected chi connectivity index (χ0v) is 13.0. The fourth-order valence-corrected chi connectivity index (χ4v) is 2.91. The number of carbonyl (C=O) groups excluding carboxylic acids is 2. The molecule has 1 aliphatic rings. The van der Waals surface area contributed by atoms with E-state index in [0.717, 1.165) is 0 Å². The number of amides is 2. The summed E-state index contributed by atoms with van der Waals surface area (Å²) in [5, 5.41) is 11.7. The van der Waals surface area contributed by atoms with Gasteiger partial charge < -0.3 is 10.1 Å². The standard InChI is InChI=1S/C18H15N3O3/c1-24-13-7-5-6-12(10-13)15-14(11-19)17(22)20-18(23)16(15)21-8-3-2-4-9-21/h2-10,15-16H,1H3,(H,20,22,23). The highest BCUT2D eigenvalue weighted by Crippen LogP contribution is 2.35. The van der Waals surface area contributed by atoms with Gasteiger partial charge in [0.15, 0.2) is 12.4 Å². The number of aromatic nitrogens is 1. The summed E-state index contributed by atoms with van der Waals surface area (Å²) in [6.07, 6.45) is 3.48. The van der Waals surface area contributed by atoms with Crippen LogP contribution in [0.3, 0.4) is 0 Å². The van der Waals surface area contributed by atoms with Crippen LogP contribution in [-0.2, 0) is 9.59 Å². The zero-order valence-electron chi connectivity index (χ0n) is 13.0. The number of methoxy groups -OCH3 is 1. The molecular weight excluding hydrogens is 306 g/mol. The predicted octanol–water partition coefficient (Wildman–Crippen LogP) is 1.13. The van der Waals surface area contributed by atoms with Crippen molar-refractivity contribution in [2.24, 2.45) is 0 Å². The number of ether oxygens (including phenoxy) is 1. The molecule has 0 bridgehead atoms. The first-order chi connectivity index (χ1) is 11.7. The van der Waals surface area contributed by atoms with Crippen molar-refractivity contribution in [3.63, 3.8) is 0 Å². The first-order valence-electron chi connectivity index (χ1n) is 7.37. The van der Waals surface area contributed by atoms with Gasteiger partial charge in [0.25, 0.3) is 11.8 Å². The van der Waals surface area contributed by atoms with Crippen LogP contribution in [-0.4, -0.2) is 24.8 Å². The molecule has 2 aromatic rings. The topological polar surface area (TPSA) is 81.6 Å². The Morgan fingerprint density at radius 1 is 1.17 bits per heavy atom. The van der Waals surface area contributed by atoms with E-state index in [1.165, 1.54) is 7.11 Å². The lowest BCUT2D eigenvalue weighted by molar-refractivity contribution is -0.711. The molecule has 2 amide bonds. The van der Waals surface area contributed by atoms with E-state index in [2.05, 4.69) is 5.32 Å². The summed E-state index contributed by atoms with van der Waals surface area (Å²) in [6, 6.07) is 11.7. The Bertz CT molecular complexity index is 842. The van der Waals surface area contributed by atoms with Crippen LogP contribution in [0.5, 0.6) is 5.75 Å². The highest BCUT2D eigenvalue weighted by atomic mass is 16.5. The third-order valence-corrected chi connectivity index (χ3v) is 4.01. The van der Waals surface area contributed by atoms with Crippen molar-refractivity contribution in [1.29, 1.82) is 0 Å². The Hall–Kier alpha value is -3.24. The van der Waals surface area contributed by atoms with Gasteiger partial charge in [0.2, 0.25) is 6.04 Å². The van der Waals surface area contributed by atoms with Crippen LogP contribution in [0.25, 0.3) is 5.41 Å². The van der Waals surface area contributed by atoms with Crippen LogP contribution >= 0.6 is 0 Å². The van der Waals surface area contributed by atoms with Crippen LogP contribution in [0.4, 0.5) is 0 Å². The lowest BCUT2D eigenvalue weighted by Gasteiger charge is -2.28. The van der Waals surface area contributed by atoms with Crippen molar-refractivity contribution in [2.45, 2.75) is 12.0 Å². The van der Waals surface area contributed by atoms with Crippen LogP contribution in [0.1, 0.15) is 17.5 Å². The number of hydrogen-bond donors (Lipinski definition) is 1. The molecular formula is C18H15N3O3. The quantitative estimate of drug-likeness (QED) is 0.398. The Labute approximate surface area is 138 Å². The maximum atomic E-state index is 12.5. The Morgan fingerprint density at radius 2 is 1.92 bits per heavy atom. The number of nitrogens with zero attached hydrogens (tertiary/aromatic N) is 2. The number of piperidine rings is 1. The zero-order chi connectivity index (χ0) is 17.1. The Balaban J connectivity index is 2.18. The van der Waals surface area contributed by atoms with Gasteiger partial charge in [-0.15, -0.1) is 0 Å². The molecule has 1 aromatic heterocycles. The summed E-state index contributed by atoms with van der Waals surface area (Å²) in [5.74, 6) is 0.782. The fourth-order valence-electron chi connectivity index (χ4n) is 2.91. The van der Waals surface area contributed by atoms with E-state index < -0.39 is 23.8 Å². The molecule has 1 aromatic carbocycles. The fraction of sp³-hybridized carbons (Fsp3) is 0.167. The molecule has 0 spiro atoms. The summed E-state index contributed by atoms with van der Waals surface area (Å²) in [7, 11) is 1.54. The number of hydrogen-bond acceptors (Lipinski definition) is 3. The molecule has 2 unspecified atom stereocenters. The van der Waals surface area contributed by atoms with E-state index in [-0.39, 0.29) is 5.57 Å². The summed E-state index contributed by atoms with van der Waals surface area (Å²) in [4.78, 5) is 24.6. The summed E-state index contributed by atoms with van der Waals surface area (Å²) < 4.78 is 6.92. The molecule has 0 aliphatic carbocycles. The number of imide groups is 1. The van der Waals surface area contributed by atoms with Gasteiger partial charge in [0.05, 0.1) is 18.6 Å². The molecule has 2 atom stereocenters. The van der Waals surface area contributed by atoms with E-state index >= 15 is 0 Å². The number of nitrogens with one attached hydrogen (secondary N) is 1. The molecule has 3 rings (SSSR count). The molecule has 24 heavy (non-hydrogen) atoms. The van der Waals surface area contributed by atoms with Crippen molar-refractivity contribution in [2.75, 3.05) is 7.11 Å². The average Bonchev–Trinajstić information content (AvgIpc) is 2.62. The minimum absolute atomic E-state index is 0.00389. The molecule has 0 saturated carbocycles. The average molecular weight is 321 g/mol. The molecule has 6 nitrogen and oxygen atoms in total. The second-order valence-corrected chi connectivity index (χ2v) is 5.37. The smallest absolute Gasteiger partial charge is 0.296 e. The van der Waals surface area contributed by atoms with E-state index in [1.807, 2.05) is 11.9 Å². The van der Waals surface area contributed by atoms with Gasteiger partial charge in [-0.3, -0.25) is 20.8 Å². The van der Waals surface area contributed by atoms with Gasteiger partial charge >= 0.3 is 0 Å². The minimum Gasteiger partial charge on any atom is -0.763 e. The van der Waals surface area contributed by atoms with Gasteiger partial charge in [0.1, 0.15) is 5.75 Å². The molecule has 0 radical (unpaired) electrons. The third kappa shape index (κ3) is 2.71. The maximum Gasteiger partial charge on any atom is 0.296 e.